The van der Waals surface area contributed by atoms with Crippen molar-refractivity contribution in [1.29, 1.82) is 0 Å². The fourth-order valence-electron chi connectivity index (χ4n) is 5.32. The molecule has 0 radical (unpaired) electrons. The number of hydrogen-bond acceptors (Lipinski definition) is 3. The number of fused-ring (bicyclic) bond motifs is 2. The molecule has 3 unspecified atom stereocenters. The molecule has 0 aromatic heterocycles. The Kier molecular flexibility index (Phi) is 3.33. The lowest BCUT2D eigenvalue weighted by Gasteiger charge is -2.36. The van der Waals surface area contributed by atoms with Gasteiger partial charge in [-0.2, -0.15) is 4.31 Å². The topological polar surface area (TPSA) is 54.2 Å². The van der Waals surface area contributed by atoms with Crippen molar-refractivity contribution in [3.05, 3.63) is 35.9 Å². The Morgan fingerprint density at radius 1 is 1.21 bits per heavy atom. The smallest absolute Gasteiger partial charge is 0.216 e. The molecule has 4 nitrogen and oxygen atoms in total. The van der Waals surface area contributed by atoms with Crippen LogP contribution in [-0.4, -0.2) is 30.3 Å². The van der Waals surface area contributed by atoms with Crippen LogP contribution in [-0.2, 0) is 14.8 Å². The van der Waals surface area contributed by atoms with Crippen LogP contribution >= 0.6 is 0 Å². The number of ketones is 1. The summed E-state index contributed by atoms with van der Waals surface area (Å²) < 4.78 is 27.9. The summed E-state index contributed by atoms with van der Waals surface area (Å²) in [5.41, 5.74) is 0.144. The second-order valence-electron chi connectivity index (χ2n) is 8.35. The number of nitrogens with zero attached hydrogens (tertiary/aromatic N) is 1. The number of hydrogen-bond donors (Lipinski definition) is 0. The van der Waals surface area contributed by atoms with Gasteiger partial charge in [0, 0.05) is 17.9 Å². The molecule has 3 aliphatic rings. The van der Waals surface area contributed by atoms with Gasteiger partial charge < -0.3 is 0 Å². The first kappa shape index (κ1) is 16.3. The van der Waals surface area contributed by atoms with E-state index >= 15 is 0 Å². The first-order valence-corrected chi connectivity index (χ1v) is 10.4. The Morgan fingerprint density at radius 3 is 2.42 bits per heavy atom. The first-order valence-electron chi connectivity index (χ1n) is 8.80. The second-order valence-corrected chi connectivity index (χ2v) is 10.2. The van der Waals surface area contributed by atoms with E-state index in [1.165, 1.54) is 0 Å². The van der Waals surface area contributed by atoms with E-state index in [-0.39, 0.29) is 29.0 Å². The predicted molar refractivity (Wildman–Crippen MR) is 92.8 cm³/mol. The zero-order chi connectivity index (χ0) is 17.3. The molecule has 2 bridgehead atoms. The van der Waals surface area contributed by atoms with Gasteiger partial charge in [-0.3, -0.25) is 4.79 Å². The molecule has 130 valence electrons. The fourth-order valence-corrected chi connectivity index (χ4v) is 7.98. The molecule has 5 heteroatoms. The van der Waals surface area contributed by atoms with Crippen molar-refractivity contribution in [3.63, 3.8) is 0 Å². The molecule has 4 rings (SSSR count). The lowest BCUT2D eigenvalue weighted by Crippen LogP contribution is -2.43. The van der Waals surface area contributed by atoms with E-state index in [1.807, 2.05) is 37.3 Å². The summed E-state index contributed by atoms with van der Waals surface area (Å²) in [6, 6.07) is 9.67. The number of benzene rings is 1. The maximum atomic E-state index is 13.1. The molecule has 1 aliphatic heterocycles. The molecule has 1 heterocycles. The van der Waals surface area contributed by atoms with E-state index in [9.17, 15) is 13.2 Å². The molecule has 0 N–H and O–H groups in total. The van der Waals surface area contributed by atoms with Gasteiger partial charge in [0.1, 0.15) is 5.78 Å². The number of Topliss-reactive ketones (excluding diaryl/α,β-unsaturated/α-hetero) is 1. The zero-order valence-electron chi connectivity index (χ0n) is 14.5. The quantitative estimate of drug-likeness (QED) is 0.786. The highest BCUT2D eigenvalue weighted by Crippen LogP contribution is 2.65. The second kappa shape index (κ2) is 4.92. The van der Waals surface area contributed by atoms with E-state index in [4.69, 9.17) is 0 Å². The third-order valence-corrected chi connectivity index (χ3v) is 9.13. The minimum atomic E-state index is -3.45. The monoisotopic (exact) mass is 347 g/mol. The van der Waals surface area contributed by atoms with Crippen LogP contribution in [0, 0.1) is 16.7 Å². The largest absolute Gasteiger partial charge is 0.299 e. The van der Waals surface area contributed by atoms with Gasteiger partial charge in [-0.05, 0) is 36.7 Å². The van der Waals surface area contributed by atoms with E-state index in [2.05, 4.69) is 13.8 Å². The summed E-state index contributed by atoms with van der Waals surface area (Å²) in [4.78, 5) is 12.6. The Morgan fingerprint density at radius 2 is 1.88 bits per heavy atom. The molecule has 0 spiro atoms. The predicted octanol–water partition coefficient (Wildman–Crippen LogP) is 3.16. The lowest BCUT2D eigenvalue weighted by atomic mass is 9.70. The third kappa shape index (κ3) is 2.00. The van der Waals surface area contributed by atoms with Crippen molar-refractivity contribution < 1.29 is 13.2 Å². The van der Waals surface area contributed by atoms with Crippen molar-refractivity contribution in [2.24, 2.45) is 16.7 Å². The van der Waals surface area contributed by atoms with Crippen LogP contribution < -0.4 is 0 Å². The Labute approximate surface area is 144 Å². The van der Waals surface area contributed by atoms with E-state index < -0.39 is 15.4 Å². The molecular weight excluding hydrogens is 322 g/mol. The summed E-state index contributed by atoms with van der Waals surface area (Å²) in [6.07, 6.45) is 2.26. The highest BCUT2D eigenvalue weighted by molar-refractivity contribution is 7.89. The standard InChI is InChI=1S/C19H25NO3S/c1-13-17(14-7-5-4-6-8-14)20(13)24(22,23)12-19-10-9-15(11-16(19)21)18(19,2)3/h4-8,13,15,17H,9-12H2,1-3H3/t13-,15?,17+,19?,20?/m0/s1. The molecule has 1 saturated heterocycles. The number of carbonyl (C=O) groups is 1. The van der Waals surface area contributed by atoms with Crippen molar-refractivity contribution in [2.45, 2.75) is 52.1 Å². The molecule has 0 amide bonds. The van der Waals surface area contributed by atoms with Crippen molar-refractivity contribution in [2.75, 3.05) is 5.75 Å². The fraction of sp³-hybridized carbons (Fsp3) is 0.632. The van der Waals surface area contributed by atoms with Crippen LogP contribution in [0.4, 0.5) is 0 Å². The number of carbonyl (C=O) groups excluding carboxylic acids is 1. The van der Waals surface area contributed by atoms with Crippen LogP contribution in [0.3, 0.4) is 0 Å². The van der Waals surface area contributed by atoms with Crippen molar-refractivity contribution in [3.8, 4) is 0 Å². The van der Waals surface area contributed by atoms with Gasteiger partial charge in [0.2, 0.25) is 10.0 Å². The summed E-state index contributed by atoms with van der Waals surface area (Å²) >= 11 is 0. The number of sulfonamides is 1. The highest BCUT2D eigenvalue weighted by Gasteiger charge is 2.67. The van der Waals surface area contributed by atoms with Crippen molar-refractivity contribution in [1.82, 2.24) is 4.31 Å². The minimum absolute atomic E-state index is 0.0179. The highest BCUT2D eigenvalue weighted by atomic mass is 32.2. The van der Waals surface area contributed by atoms with Crippen LogP contribution in [0.1, 0.15) is 51.6 Å². The number of rotatable bonds is 4. The van der Waals surface area contributed by atoms with Crippen LogP contribution in [0.2, 0.25) is 0 Å². The van der Waals surface area contributed by atoms with E-state index in [0.717, 1.165) is 18.4 Å². The summed E-state index contributed by atoms with van der Waals surface area (Å²) in [6.45, 7) is 6.13. The van der Waals surface area contributed by atoms with Gasteiger partial charge >= 0.3 is 0 Å². The SMILES string of the molecule is C[C@H]1[C@H](c2ccccc2)N1S(=O)(=O)CC12CCC(CC1=O)C2(C)C. The Balaban J connectivity index is 1.62. The Bertz CT molecular complexity index is 786. The minimum Gasteiger partial charge on any atom is -0.299 e. The third-order valence-electron chi connectivity index (χ3n) is 7.07. The van der Waals surface area contributed by atoms with Crippen LogP contribution in [0.5, 0.6) is 0 Å². The molecule has 1 aromatic rings. The molecule has 1 aromatic carbocycles. The zero-order valence-corrected chi connectivity index (χ0v) is 15.3. The molecule has 5 atom stereocenters. The maximum Gasteiger partial charge on any atom is 0.216 e. The Hall–Kier alpha value is -1.20. The van der Waals surface area contributed by atoms with Gasteiger partial charge in [0.05, 0.1) is 11.8 Å². The normalized spacial score (nSPS) is 40.0. The molecule has 2 aliphatic carbocycles. The van der Waals surface area contributed by atoms with Gasteiger partial charge in [0.25, 0.3) is 0 Å². The maximum absolute atomic E-state index is 13.1. The average molecular weight is 347 g/mol. The van der Waals surface area contributed by atoms with Gasteiger partial charge in [0.15, 0.2) is 0 Å². The summed E-state index contributed by atoms with van der Waals surface area (Å²) in [5, 5.41) is 0. The first-order chi connectivity index (χ1) is 11.2. The average Bonchev–Trinajstić information content (AvgIpc) is 3.11. The molecular formula is C19H25NO3S. The summed E-state index contributed by atoms with van der Waals surface area (Å²) in [5.74, 6) is 0.491. The van der Waals surface area contributed by atoms with Crippen LogP contribution in [0.25, 0.3) is 0 Å². The molecule has 2 saturated carbocycles. The van der Waals surface area contributed by atoms with Gasteiger partial charge in [-0.25, -0.2) is 8.42 Å². The summed E-state index contributed by atoms with van der Waals surface area (Å²) in [7, 11) is -3.45. The van der Waals surface area contributed by atoms with Gasteiger partial charge in [-0.15, -0.1) is 0 Å². The lowest BCUT2D eigenvalue weighted by molar-refractivity contribution is -0.128. The molecule has 24 heavy (non-hydrogen) atoms. The van der Waals surface area contributed by atoms with Gasteiger partial charge in [-0.1, -0.05) is 44.2 Å². The van der Waals surface area contributed by atoms with Crippen LogP contribution in [0.15, 0.2) is 30.3 Å². The van der Waals surface area contributed by atoms with E-state index in [0.29, 0.717) is 12.3 Å². The van der Waals surface area contributed by atoms with E-state index in [1.54, 1.807) is 4.31 Å². The van der Waals surface area contributed by atoms with Crippen molar-refractivity contribution >= 4 is 15.8 Å². The molecule has 3 fully saturated rings.